The minimum atomic E-state index is -0.148. The van der Waals surface area contributed by atoms with E-state index in [1.807, 2.05) is 0 Å². The van der Waals surface area contributed by atoms with Crippen molar-refractivity contribution in [2.24, 2.45) is 22.2 Å². The molecule has 0 aromatic carbocycles. The number of quaternary nitrogens is 1. The molecule has 1 N–H and O–H groups in total. The summed E-state index contributed by atoms with van der Waals surface area (Å²) in [6, 6.07) is 0. The van der Waals surface area contributed by atoms with Gasteiger partial charge in [-0.15, -0.1) is 0 Å². The molecule has 0 amide bonds. The highest BCUT2D eigenvalue weighted by molar-refractivity contribution is 5.77. The Hall–Kier alpha value is -0.570. The molecule has 0 heterocycles. The summed E-state index contributed by atoms with van der Waals surface area (Å²) in [5.41, 5.74) is 0.629. The molecule has 0 saturated heterocycles. The van der Waals surface area contributed by atoms with Crippen molar-refractivity contribution in [3.8, 4) is 0 Å². The van der Waals surface area contributed by atoms with E-state index >= 15 is 0 Å². The van der Waals surface area contributed by atoms with E-state index in [2.05, 4.69) is 27.9 Å². The van der Waals surface area contributed by atoms with Gasteiger partial charge in [0.1, 0.15) is 13.2 Å². The minimum absolute atomic E-state index is 0.111. The average molecular weight is 280 g/mol. The monoisotopic (exact) mass is 280 g/mol. The van der Waals surface area contributed by atoms with Gasteiger partial charge in [0, 0.05) is 0 Å². The van der Waals surface area contributed by atoms with Crippen LogP contribution in [0.5, 0.6) is 0 Å². The van der Waals surface area contributed by atoms with Gasteiger partial charge in [0.15, 0.2) is 0 Å². The highest BCUT2D eigenvalue weighted by Crippen LogP contribution is 2.69. The summed E-state index contributed by atoms with van der Waals surface area (Å²) in [5.74, 6) is 0.869. The molecule has 0 spiro atoms. The summed E-state index contributed by atoms with van der Waals surface area (Å²) in [4.78, 5) is 14.1. The van der Waals surface area contributed by atoms with Gasteiger partial charge in [0.05, 0.1) is 19.5 Å². The molecule has 4 saturated carbocycles. The van der Waals surface area contributed by atoms with E-state index in [0.29, 0.717) is 17.4 Å². The third-order valence-electron chi connectivity index (χ3n) is 5.89. The molecule has 4 fully saturated rings. The van der Waals surface area contributed by atoms with Crippen molar-refractivity contribution in [2.75, 3.05) is 27.2 Å². The summed E-state index contributed by atoms with van der Waals surface area (Å²) < 4.78 is 5.67. The number of carbonyl (C=O) groups is 1. The first-order valence-electron chi connectivity index (χ1n) is 8.21. The molecule has 4 rings (SSSR count). The third kappa shape index (κ3) is 2.38. The minimum Gasteiger partial charge on any atom is -0.459 e. The Morgan fingerprint density at radius 3 is 2.20 bits per heavy atom. The fourth-order valence-corrected chi connectivity index (χ4v) is 6.18. The molecular weight excluding hydrogens is 250 g/mol. The zero-order valence-corrected chi connectivity index (χ0v) is 13.6. The normalized spacial score (nSPS) is 46.0. The van der Waals surface area contributed by atoms with Gasteiger partial charge in [-0.1, -0.05) is 13.8 Å². The lowest BCUT2D eigenvalue weighted by Crippen LogP contribution is -3.06. The fourth-order valence-electron chi connectivity index (χ4n) is 6.18. The fraction of sp³-hybridized carbons (Fsp3) is 0.941. The van der Waals surface area contributed by atoms with Crippen LogP contribution in [-0.4, -0.2) is 33.2 Å². The van der Waals surface area contributed by atoms with Crippen LogP contribution in [0.1, 0.15) is 52.4 Å². The Morgan fingerprint density at radius 1 is 1.10 bits per heavy atom. The Morgan fingerprint density at radius 2 is 1.70 bits per heavy atom. The second-order valence-corrected chi connectivity index (χ2v) is 9.00. The molecule has 4 aliphatic rings. The maximum atomic E-state index is 12.7. The first-order chi connectivity index (χ1) is 9.24. The maximum absolute atomic E-state index is 12.7. The van der Waals surface area contributed by atoms with Crippen molar-refractivity contribution in [1.82, 2.24) is 0 Å². The molecule has 2 unspecified atom stereocenters. The number of nitrogens with one attached hydrogen (secondary N) is 1. The van der Waals surface area contributed by atoms with Gasteiger partial charge in [-0.3, -0.25) is 4.79 Å². The van der Waals surface area contributed by atoms with Crippen molar-refractivity contribution in [1.29, 1.82) is 0 Å². The predicted octanol–water partition coefficient (Wildman–Crippen LogP) is 1.67. The SMILES string of the molecule is C[NH+](C)CCOC(=O)C12CC3CC(C)(CC(C)(C3)C1)C2. The van der Waals surface area contributed by atoms with Gasteiger partial charge < -0.3 is 9.64 Å². The molecule has 4 aliphatic carbocycles. The average Bonchev–Trinajstić information content (AvgIpc) is 2.22. The second kappa shape index (κ2) is 4.46. The van der Waals surface area contributed by atoms with E-state index in [9.17, 15) is 4.79 Å². The van der Waals surface area contributed by atoms with Crippen LogP contribution in [-0.2, 0) is 9.53 Å². The third-order valence-corrected chi connectivity index (χ3v) is 5.89. The number of rotatable bonds is 4. The van der Waals surface area contributed by atoms with Gasteiger partial charge in [0.25, 0.3) is 0 Å². The van der Waals surface area contributed by atoms with Crippen LogP contribution in [0.3, 0.4) is 0 Å². The summed E-state index contributed by atoms with van der Waals surface area (Å²) in [5, 5.41) is 0. The quantitative estimate of drug-likeness (QED) is 0.794. The van der Waals surface area contributed by atoms with Crippen molar-refractivity contribution in [3.63, 3.8) is 0 Å². The number of hydrogen-bond acceptors (Lipinski definition) is 2. The van der Waals surface area contributed by atoms with Gasteiger partial charge >= 0.3 is 5.97 Å². The highest BCUT2D eigenvalue weighted by Gasteiger charge is 2.63. The number of esters is 1. The first kappa shape index (κ1) is 14.4. The molecule has 2 atom stereocenters. The van der Waals surface area contributed by atoms with Gasteiger partial charge in [-0.05, 0) is 55.3 Å². The Balaban J connectivity index is 1.73. The lowest BCUT2D eigenvalue weighted by atomic mass is 9.40. The topological polar surface area (TPSA) is 30.7 Å². The lowest BCUT2D eigenvalue weighted by molar-refractivity contribution is -0.858. The molecule has 0 aliphatic heterocycles. The molecular formula is C17H30NO2+. The highest BCUT2D eigenvalue weighted by atomic mass is 16.5. The van der Waals surface area contributed by atoms with Crippen molar-refractivity contribution in [3.05, 3.63) is 0 Å². The van der Waals surface area contributed by atoms with Gasteiger partial charge in [0.2, 0.25) is 0 Å². The van der Waals surface area contributed by atoms with Crippen LogP contribution in [0.2, 0.25) is 0 Å². The van der Waals surface area contributed by atoms with Crippen LogP contribution in [0, 0.1) is 22.2 Å². The predicted molar refractivity (Wildman–Crippen MR) is 78.5 cm³/mol. The summed E-state index contributed by atoms with van der Waals surface area (Å²) in [6.45, 7) is 6.28. The second-order valence-electron chi connectivity index (χ2n) is 9.00. The molecule has 0 aromatic heterocycles. The van der Waals surface area contributed by atoms with E-state index in [4.69, 9.17) is 4.74 Å². The number of carbonyl (C=O) groups excluding carboxylic acids is 1. The van der Waals surface area contributed by atoms with Crippen molar-refractivity contribution >= 4 is 5.97 Å². The standard InChI is InChI=1S/C17H29NO2/c1-15-7-13-8-16(2,10-15)12-17(9-13,11-15)14(19)20-6-5-18(3)4/h13H,5-12H2,1-4H3/p+1. The van der Waals surface area contributed by atoms with Crippen molar-refractivity contribution in [2.45, 2.75) is 52.4 Å². The lowest BCUT2D eigenvalue weighted by Gasteiger charge is -2.64. The molecule has 114 valence electrons. The number of ether oxygens (including phenoxy) is 1. The van der Waals surface area contributed by atoms with Crippen LogP contribution in [0.25, 0.3) is 0 Å². The molecule has 3 heteroatoms. The smallest absolute Gasteiger partial charge is 0.312 e. The number of likely N-dealkylation sites (N-methyl/N-ethyl adjacent to an activating group) is 1. The maximum Gasteiger partial charge on any atom is 0.312 e. The summed E-state index contributed by atoms with van der Waals surface area (Å²) in [7, 11) is 4.20. The number of hydrogen-bond donors (Lipinski definition) is 1. The Labute approximate surface area is 123 Å². The largest absolute Gasteiger partial charge is 0.459 e. The van der Waals surface area contributed by atoms with E-state index in [-0.39, 0.29) is 11.4 Å². The van der Waals surface area contributed by atoms with Gasteiger partial charge in [-0.25, -0.2) is 0 Å². The molecule has 0 radical (unpaired) electrons. The zero-order chi connectivity index (χ0) is 14.6. The van der Waals surface area contributed by atoms with Crippen molar-refractivity contribution < 1.29 is 14.4 Å². The van der Waals surface area contributed by atoms with E-state index in [0.717, 1.165) is 31.7 Å². The van der Waals surface area contributed by atoms with Crippen LogP contribution in [0.4, 0.5) is 0 Å². The van der Waals surface area contributed by atoms with Gasteiger partial charge in [-0.2, -0.15) is 0 Å². The Kier molecular flexibility index (Phi) is 3.20. The van der Waals surface area contributed by atoms with E-state index < -0.39 is 0 Å². The molecule has 4 bridgehead atoms. The van der Waals surface area contributed by atoms with E-state index in [1.54, 1.807) is 0 Å². The van der Waals surface area contributed by atoms with Crippen LogP contribution >= 0.6 is 0 Å². The summed E-state index contributed by atoms with van der Waals surface area (Å²) in [6.07, 6.45) is 7.21. The van der Waals surface area contributed by atoms with Crippen LogP contribution in [0.15, 0.2) is 0 Å². The first-order valence-corrected chi connectivity index (χ1v) is 8.21. The Bertz CT molecular complexity index is 399. The molecule has 20 heavy (non-hydrogen) atoms. The van der Waals surface area contributed by atoms with Crippen LogP contribution < -0.4 is 4.90 Å². The summed E-state index contributed by atoms with van der Waals surface area (Å²) >= 11 is 0. The zero-order valence-electron chi connectivity index (χ0n) is 13.6. The molecule has 3 nitrogen and oxygen atoms in total. The van der Waals surface area contributed by atoms with E-state index in [1.165, 1.54) is 24.2 Å². The molecule has 0 aromatic rings.